The first kappa shape index (κ1) is 12.3. The summed E-state index contributed by atoms with van der Waals surface area (Å²) in [5.74, 6) is 0. The van der Waals surface area contributed by atoms with Gasteiger partial charge in [-0.15, -0.1) is 0 Å². The number of hydrogen-bond acceptors (Lipinski definition) is 3. The summed E-state index contributed by atoms with van der Waals surface area (Å²) in [6, 6.07) is 0.242. The average Bonchev–Trinajstić information content (AvgIpc) is 3.11. The molecule has 0 aromatic carbocycles. The molecule has 2 fully saturated rings. The molecule has 0 aromatic rings. The minimum Gasteiger partial charge on any atom is -0.317 e. The predicted octanol–water partition coefficient (Wildman–Crippen LogP) is 0.943. The fourth-order valence-corrected chi connectivity index (χ4v) is 4.57. The van der Waals surface area contributed by atoms with E-state index in [4.69, 9.17) is 0 Å². The number of nitrogens with one attached hydrogen (secondary N) is 1. The Morgan fingerprint density at radius 3 is 2.31 bits per heavy atom. The summed E-state index contributed by atoms with van der Waals surface area (Å²) >= 11 is 0. The maximum Gasteiger partial charge on any atom is 0.217 e. The first-order chi connectivity index (χ1) is 7.66. The largest absolute Gasteiger partial charge is 0.317 e. The van der Waals surface area contributed by atoms with Crippen molar-refractivity contribution in [3.63, 3.8) is 0 Å². The highest BCUT2D eigenvalue weighted by Crippen LogP contribution is 2.33. The molecule has 94 valence electrons. The van der Waals surface area contributed by atoms with E-state index in [2.05, 4.69) is 12.2 Å². The monoisotopic (exact) mass is 246 g/mol. The van der Waals surface area contributed by atoms with Gasteiger partial charge in [-0.1, -0.05) is 6.92 Å². The van der Waals surface area contributed by atoms with Gasteiger partial charge in [-0.2, -0.15) is 4.31 Å². The number of piperidine rings is 1. The van der Waals surface area contributed by atoms with E-state index in [1.54, 1.807) is 4.31 Å². The van der Waals surface area contributed by atoms with Crippen molar-refractivity contribution in [2.75, 3.05) is 19.6 Å². The van der Waals surface area contributed by atoms with Gasteiger partial charge in [-0.3, -0.25) is 0 Å². The molecule has 0 amide bonds. The lowest BCUT2D eigenvalue weighted by Gasteiger charge is -2.33. The third kappa shape index (κ3) is 2.57. The van der Waals surface area contributed by atoms with E-state index in [1.807, 2.05) is 0 Å². The molecule has 1 aliphatic heterocycles. The first-order valence-corrected chi connectivity index (χ1v) is 7.88. The van der Waals surface area contributed by atoms with Crippen LogP contribution in [0.4, 0.5) is 0 Å². The lowest BCUT2D eigenvalue weighted by molar-refractivity contribution is 0.262. The van der Waals surface area contributed by atoms with Crippen molar-refractivity contribution in [2.45, 2.75) is 50.3 Å². The van der Waals surface area contributed by atoms with Gasteiger partial charge in [-0.05, 0) is 45.2 Å². The normalized spacial score (nSPS) is 23.9. The molecule has 16 heavy (non-hydrogen) atoms. The lowest BCUT2D eigenvalue weighted by Crippen LogP contribution is -2.47. The van der Waals surface area contributed by atoms with E-state index in [1.165, 1.54) is 0 Å². The topological polar surface area (TPSA) is 49.4 Å². The minimum absolute atomic E-state index is 0.0612. The summed E-state index contributed by atoms with van der Waals surface area (Å²) in [6.07, 6.45) is 4.58. The van der Waals surface area contributed by atoms with E-state index in [9.17, 15) is 8.42 Å². The van der Waals surface area contributed by atoms with Crippen LogP contribution in [0.25, 0.3) is 0 Å². The second-order valence-corrected chi connectivity index (χ2v) is 7.00. The summed E-state index contributed by atoms with van der Waals surface area (Å²) in [5.41, 5.74) is 0. The Morgan fingerprint density at radius 1 is 1.19 bits per heavy atom. The van der Waals surface area contributed by atoms with Crippen LogP contribution in [-0.4, -0.2) is 43.6 Å². The van der Waals surface area contributed by atoms with Crippen LogP contribution in [0.15, 0.2) is 0 Å². The number of sulfonamides is 1. The molecule has 0 bridgehead atoms. The molecule has 0 radical (unpaired) electrons. The van der Waals surface area contributed by atoms with Crippen molar-refractivity contribution < 1.29 is 8.42 Å². The van der Waals surface area contributed by atoms with Gasteiger partial charge in [0.1, 0.15) is 0 Å². The van der Waals surface area contributed by atoms with Gasteiger partial charge in [0, 0.05) is 12.6 Å². The highest BCUT2D eigenvalue weighted by atomic mass is 32.2. The van der Waals surface area contributed by atoms with Gasteiger partial charge in [-0.25, -0.2) is 8.42 Å². The van der Waals surface area contributed by atoms with Gasteiger partial charge in [0.15, 0.2) is 0 Å². The van der Waals surface area contributed by atoms with Gasteiger partial charge in [0.05, 0.1) is 5.25 Å². The average molecular weight is 246 g/mol. The van der Waals surface area contributed by atoms with E-state index in [0.29, 0.717) is 6.54 Å². The summed E-state index contributed by atoms with van der Waals surface area (Å²) in [6.45, 7) is 4.65. The zero-order chi connectivity index (χ0) is 11.6. The molecule has 2 aliphatic rings. The van der Waals surface area contributed by atoms with E-state index < -0.39 is 10.0 Å². The Kier molecular flexibility index (Phi) is 3.87. The highest BCUT2D eigenvalue weighted by Gasteiger charge is 2.42. The van der Waals surface area contributed by atoms with Crippen LogP contribution in [0.5, 0.6) is 0 Å². The van der Waals surface area contributed by atoms with Gasteiger partial charge in [0.25, 0.3) is 0 Å². The Bertz CT molecular complexity index is 319. The highest BCUT2D eigenvalue weighted by molar-refractivity contribution is 7.90. The molecule has 0 spiro atoms. The fraction of sp³-hybridized carbons (Fsp3) is 1.00. The van der Waals surface area contributed by atoms with Crippen LogP contribution in [0.2, 0.25) is 0 Å². The van der Waals surface area contributed by atoms with Crippen molar-refractivity contribution in [3.8, 4) is 0 Å². The number of hydrogen-bond donors (Lipinski definition) is 1. The summed E-state index contributed by atoms with van der Waals surface area (Å²) < 4.78 is 26.4. The maximum atomic E-state index is 12.3. The van der Waals surface area contributed by atoms with E-state index in [0.717, 1.165) is 45.2 Å². The standard InChI is InChI=1S/C11H22N2O2S/c1-2-9-13(10-5-7-12-8-6-10)16(14,15)11-3-4-11/h10-12H,2-9H2,1H3. The number of rotatable bonds is 5. The van der Waals surface area contributed by atoms with Crippen molar-refractivity contribution in [2.24, 2.45) is 0 Å². The molecule has 1 heterocycles. The lowest BCUT2D eigenvalue weighted by atomic mass is 10.1. The smallest absolute Gasteiger partial charge is 0.217 e. The van der Waals surface area contributed by atoms with Gasteiger partial charge < -0.3 is 5.32 Å². The van der Waals surface area contributed by atoms with Crippen LogP contribution in [0, 0.1) is 0 Å². The third-order valence-electron chi connectivity index (χ3n) is 3.43. The van der Waals surface area contributed by atoms with Crippen LogP contribution < -0.4 is 5.32 Å². The molecule has 0 unspecified atom stereocenters. The van der Waals surface area contributed by atoms with E-state index >= 15 is 0 Å². The molecule has 1 N–H and O–H groups in total. The van der Waals surface area contributed by atoms with Crippen LogP contribution in [0.1, 0.15) is 39.0 Å². The number of nitrogens with zero attached hydrogens (tertiary/aromatic N) is 1. The zero-order valence-electron chi connectivity index (χ0n) is 9.98. The molecule has 1 saturated carbocycles. The molecule has 2 rings (SSSR count). The van der Waals surface area contributed by atoms with Crippen LogP contribution in [0.3, 0.4) is 0 Å². The summed E-state index contributed by atoms with van der Waals surface area (Å²) in [4.78, 5) is 0. The third-order valence-corrected chi connectivity index (χ3v) is 5.88. The molecule has 0 atom stereocenters. The Balaban J connectivity index is 2.08. The van der Waals surface area contributed by atoms with Crippen molar-refractivity contribution in [1.29, 1.82) is 0 Å². The fourth-order valence-electron chi connectivity index (χ4n) is 2.39. The zero-order valence-corrected chi connectivity index (χ0v) is 10.8. The Hall–Kier alpha value is -0.130. The molecular formula is C11H22N2O2S. The second kappa shape index (κ2) is 5.02. The molecule has 4 nitrogen and oxygen atoms in total. The van der Waals surface area contributed by atoms with Gasteiger partial charge >= 0.3 is 0 Å². The Morgan fingerprint density at radius 2 is 1.81 bits per heavy atom. The second-order valence-electron chi connectivity index (χ2n) is 4.84. The Labute approximate surface area is 98.4 Å². The van der Waals surface area contributed by atoms with Crippen LogP contribution >= 0.6 is 0 Å². The summed E-state index contributed by atoms with van der Waals surface area (Å²) in [7, 11) is -2.98. The maximum absolute atomic E-state index is 12.3. The predicted molar refractivity (Wildman–Crippen MR) is 64.8 cm³/mol. The molecular weight excluding hydrogens is 224 g/mol. The first-order valence-electron chi connectivity index (χ1n) is 6.37. The van der Waals surface area contributed by atoms with E-state index in [-0.39, 0.29) is 11.3 Å². The van der Waals surface area contributed by atoms with Crippen molar-refractivity contribution >= 4 is 10.0 Å². The van der Waals surface area contributed by atoms with Gasteiger partial charge in [0.2, 0.25) is 10.0 Å². The molecule has 0 aromatic heterocycles. The minimum atomic E-state index is -2.98. The SMILES string of the molecule is CCCN(C1CCNCC1)S(=O)(=O)C1CC1. The quantitative estimate of drug-likeness (QED) is 0.785. The molecule has 5 heteroatoms. The van der Waals surface area contributed by atoms with Crippen molar-refractivity contribution in [1.82, 2.24) is 9.62 Å². The molecule has 1 saturated heterocycles. The summed E-state index contributed by atoms with van der Waals surface area (Å²) in [5, 5.41) is 3.23. The van der Waals surface area contributed by atoms with Crippen molar-refractivity contribution in [3.05, 3.63) is 0 Å². The molecule has 1 aliphatic carbocycles. The van der Waals surface area contributed by atoms with Crippen LogP contribution in [-0.2, 0) is 10.0 Å².